The smallest absolute Gasteiger partial charge is 0.251 e. The van der Waals surface area contributed by atoms with Crippen LogP contribution >= 0.6 is 22.6 Å². The van der Waals surface area contributed by atoms with E-state index in [-0.39, 0.29) is 11.7 Å². The van der Waals surface area contributed by atoms with Crippen molar-refractivity contribution in [2.75, 3.05) is 6.54 Å². The zero-order valence-electron chi connectivity index (χ0n) is 9.03. The number of hydrogen-bond donors (Lipinski definition) is 2. The number of allylic oxidation sites excluding steroid dienone is 1. The molecule has 0 atom stereocenters. The van der Waals surface area contributed by atoms with E-state index in [1.165, 1.54) is 6.07 Å². The van der Waals surface area contributed by atoms with Gasteiger partial charge in [0.2, 0.25) is 0 Å². The third kappa shape index (κ3) is 3.84. The number of rotatable bonds is 4. The summed E-state index contributed by atoms with van der Waals surface area (Å²) < 4.78 is 0.739. The molecular weight excluding hydrogens is 317 g/mol. The van der Waals surface area contributed by atoms with Crippen LogP contribution < -0.4 is 5.32 Å². The standard InChI is InChI=1S/C12H14INO2/c1-2-3-4-7-14-12(16)9-5-6-10(13)11(15)8-9/h2-3,5-6,8,15H,4,7H2,1H3,(H,14,16)/b3-2+. The molecule has 4 heteroatoms. The Balaban J connectivity index is 2.56. The van der Waals surface area contributed by atoms with Gasteiger partial charge in [0.1, 0.15) is 5.75 Å². The number of phenols is 1. The molecule has 0 fully saturated rings. The van der Waals surface area contributed by atoms with Crippen molar-refractivity contribution in [1.82, 2.24) is 5.32 Å². The van der Waals surface area contributed by atoms with Crippen LogP contribution in [0.1, 0.15) is 23.7 Å². The molecule has 0 aliphatic rings. The molecule has 0 unspecified atom stereocenters. The minimum atomic E-state index is -0.156. The highest BCUT2D eigenvalue weighted by Crippen LogP contribution is 2.20. The fourth-order valence-corrected chi connectivity index (χ4v) is 1.53. The van der Waals surface area contributed by atoms with Crippen LogP contribution in [0.2, 0.25) is 0 Å². The lowest BCUT2D eigenvalue weighted by Gasteiger charge is -2.04. The second-order valence-electron chi connectivity index (χ2n) is 3.28. The number of nitrogens with one attached hydrogen (secondary N) is 1. The number of amides is 1. The molecule has 3 nitrogen and oxygen atoms in total. The molecule has 0 aliphatic heterocycles. The van der Waals surface area contributed by atoms with E-state index in [0.29, 0.717) is 12.1 Å². The van der Waals surface area contributed by atoms with Crippen LogP contribution in [0.3, 0.4) is 0 Å². The van der Waals surface area contributed by atoms with Crippen LogP contribution in [0, 0.1) is 3.57 Å². The Kier molecular flexibility index (Phi) is 5.31. The minimum absolute atomic E-state index is 0.140. The number of aromatic hydroxyl groups is 1. The monoisotopic (exact) mass is 331 g/mol. The van der Waals surface area contributed by atoms with Crippen LogP contribution in [0.15, 0.2) is 30.4 Å². The maximum atomic E-state index is 11.6. The molecule has 0 radical (unpaired) electrons. The molecule has 0 aromatic heterocycles. The highest BCUT2D eigenvalue weighted by atomic mass is 127. The van der Waals surface area contributed by atoms with E-state index in [1.807, 2.05) is 41.7 Å². The van der Waals surface area contributed by atoms with Gasteiger partial charge < -0.3 is 10.4 Å². The normalized spacial score (nSPS) is 10.6. The summed E-state index contributed by atoms with van der Waals surface area (Å²) in [4.78, 5) is 11.6. The lowest BCUT2D eigenvalue weighted by atomic mass is 10.2. The van der Waals surface area contributed by atoms with Gasteiger partial charge in [0.15, 0.2) is 0 Å². The summed E-state index contributed by atoms with van der Waals surface area (Å²) in [5.74, 6) is -0.0158. The predicted octanol–water partition coefficient (Wildman–Crippen LogP) is 2.69. The topological polar surface area (TPSA) is 49.3 Å². The molecule has 0 saturated heterocycles. The molecule has 0 saturated carbocycles. The number of carbonyl (C=O) groups is 1. The van der Waals surface area contributed by atoms with Crippen LogP contribution in [0.4, 0.5) is 0 Å². The van der Waals surface area contributed by atoms with E-state index in [2.05, 4.69) is 5.32 Å². The minimum Gasteiger partial charge on any atom is -0.507 e. The molecule has 1 amide bonds. The highest BCUT2D eigenvalue weighted by Gasteiger charge is 2.06. The Labute approximate surface area is 109 Å². The SMILES string of the molecule is C/C=C/CCNC(=O)c1ccc(I)c(O)c1. The first-order chi connectivity index (χ1) is 7.65. The molecule has 16 heavy (non-hydrogen) atoms. The second-order valence-corrected chi connectivity index (χ2v) is 4.44. The second kappa shape index (κ2) is 6.52. The van der Waals surface area contributed by atoms with Gasteiger partial charge in [-0.3, -0.25) is 4.79 Å². The van der Waals surface area contributed by atoms with Crippen molar-refractivity contribution in [3.63, 3.8) is 0 Å². The van der Waals surface area contributed by atoms with Crippen LogP contribution in [-0.4, -0.2) is 17.6 Å². The van der Waals surface area contributed by atoms with Gasteiger partial charge in [0.05, 0.1) is 3.57 Å². The summed E-state index contributed by atoms with van der Waals surface area (Å²) in [6.07, 6.45) is 4.76. The Morgan fingerprint density at radius 2 is 2.31 bits per heavy atom. The third-order valence-corrected chi connectivity index (χ3v) is 2.95. The van der Waals surface area contributed by atoms with Crippen molar-refractivity contribution in [2.45, 2.75) is 13.3 Å². The summed E-state index contributed by atoms with van der Waals surface area (Å²) in [6.45, 7) is 2.55. The Morgan fingerprint density at radius 3 is 2.94 bits per heavy atom. The average Bonchev–Trinajstić information content (AvgIpc) is 2.28. The number of hydrogen-bond acceptors (Lipinski definition) is 2. The lowest BCUT2D eigenvalue weighted by molar-refractivity contribution is 0.0954. The van der Waals surface area contributed by atoms with Gasteiger partial charge in [-0.15, -0.1) is 0 Å². The van der Waals surface area contributed by atoms with Gasteiger partial charge in [0, 0.05) is 12.1 Å². The summed E-state index contributed by atoms with van der Waals surface area (Å²) in [5.41, 5.74) is 0.485. The van der Waals surface area contributed by atoms with E-state index in [9.17, 15) is 9.90 Å². The molecule has 86 valence electrons. The largest absolute Gasteiger partial charge is 0.507 e. The zero-order valence-corrected chi connectivity index (χ0v) is 11.2. The maximum absolute atomic E-state index is 11.6. The zero-order chi connectivity index (χ0) is 12.0. The fraction of sp³-hybridized carbons (Fsp3) is 0.250. The molecule has 1 rings (SSSR count). The molecule has 0 aliphatic carbocycles. The molecule has 0 spiro atoms. The van der Waals surface area contributed by atoms with Crippen LogP contribution in [-0.2, 0) is 0 Å². The van der Waals surface area contributed by atoms with E-state index in [4.69, 9.17) is 0 Å². The third-order valence-electron chi connectivity index (χ3n) is 2.04. The van der Waals surface area contributed by atoms with E-state index in [0.717, 1.165) is 9.99 Å². The van der Waals surface area contributed by atoms with Crippen molar-refractivity contribution < 1.29 is 9.90 Å². The molecule has 0 bridgehead atoms. The Bertz CT molecular complexity index is 402. The van der Waals surface area contributed by atoms with Crippen molar-refractivity contribution in [2.24, 2.45) is 0 Å². The van der Waals surface area contributed by atoms with Gasteiger partial charge in [-0.1, -0.05) is 12.2 Å². The first kappa shape index (κ1) is 13.0. The molecule has 2 N–H and O–H groups in total. The molecular formula is C12H14INO2. The van der Waals surface area contributed by atoms with Gasteiger partial charge in [-0.05, 0) is 54.1 Å². The van der Waals surface area contributed by atoms with Crippen LogP contribution in [0.5, 0.6) is 5.75 Å². The van der Waals surface area contributed by atoms with Gasteiger partial charge >= 0.3 is 0 Å². The number of carbonyl (C=O) groups excluding carboxylic acids is 1. The summed E-state index contributed by atoms with van der Waals surface area (Å²) in [6, 6.07) is 4.90. The summed E-state index contributed by atoms with van der Waals surface area (Å²) >= 11 is 2.01. The number of phenolic OH excluding ortho intramolecular Hbond substituents is 1. The predicted molar refractivity (Wildman–Crippen MR) is 72.6 cm³/mol. The van der Waals surface area contributed by atoms with Crippen molar-refractivity contribution in [3.8, 4) is 5.75 Å². The molecule has 1 aromatic carbocycles. The fourth-order valence-electron chi connectivity index (χ4n) is 1.19. The lowest BCUT2D eigenvalue weighted by Crippen LogP contribution is -2.24. The quantitative estimate of drug-likeness (QED) is 0.506. The summed E-state index contributed by atoms with van der Waals surface area (Å²) in [5, 5.41) is 12.2. The Morgan fingerprint density at radius 1 is 1.56 bits per heavy atom. The van der Waals surface area contributed by atoms with Gasteiger partial charge in [-0.2, -0.15) is 0 Å². The van der Waals surface area contributed by atoms with E-state index < -0.39 is 0 Å². The van der Waals surface area contributed by atoms with Gasteiger partial charge in [-0.25, -0.2) is 0 Å². The first-order valence-electron chi connectivity index (χ1n) is 5.03. The van der Waals surface area contributed by atoms with Gasteiger partial charge in [0.25, 0.3) is 5.91 Å². The van der Waals surface area contributed by atoms with E-state index >= 15 is 0 Å². The summed E-state index contributed by atoms with van der Waals surface area (Å²) in [7, 11) is 0. The highest BCUT2D eigenvalue weighted by molar-refractivity contribution is 14.1. The average molecular weight is 331 g/mol. The number of halogens is 1. The molecule has 0 heterocycles. The number of benzene rings is 1. The van der Waals surface area contributed by atoms with Crippen molar-refractivity contribution >= 4 is 28.5 Å². The van der Waals surface area contributed by atoms with Crippen molar-refractivity contribution in [1.29, 1.82) is 0 Å². The van der Waals surface area contributed by atoms with Crippen LogP contribution in [0.25, 0.3) is 0 Å². The van der Waals surface area contributed by atoms with E-state index in [1.54, 1.807) is 12.1 Å². The molecule has 1 aromatic rings. The van der Waals surface area contributed by atoms with Crippen molar-refractivity contribution in [3.05, 3.63) is 39.5 Å². The first-order valence-corrected chi connectivity index (χ1v) is 6.11. The Hall–Kier alpha value is -1.04. The maximum Gasteiger partial charge on any atom is 0.251 e.